The molecule has 1 atom stereocenters. The first-order valence-corrected chi connectivity index (χ1v) is 8.36. The van der Waals surface area contributed by atoms with Crippen LogP contribution >= 0.6 is 0 Å². The average Bonchev–Trinajstić information content (AvgIpc) is 2.32. The molecule has 1 heterocycles. The highest BCUT2D eigenvalue weighted by atomic mass is 32.2. The van der Waals surface area contributed by atoms with Gasteiger partial charge in [-0.05, 0) is 37.1 Å². The first kappa shape index (κ1) is 15.3. The van der Waals surface area contributed by atoms with E-state index in [2.05, 4.69) is 4.72 Å². The van der Waals surface area contributed by atoms with Crippen LogP contribution in [0.4, 0.5) is 8.78 Å². The van der Waals surface area contributed by atoms with Gasteiger partial charge in [-0.25, -0.2) is 21.9 Å². The molecule has 1 N–H and O–H groups in total. The monoisotopic (exact) mass is 304 g/mol. The van der Waals surface area contributed by atoms with Crippen LogP contribution in [0.5, 0.6) is 0 Å². The Morgan fingerprint density at radius 2 is 2.10 bits per heavy atom. The van der Waals surface area contributed by atoms with E-state index < -0.39 is 21.7 Å². The van der Waals surface area contributed by atoms with Crippen molar-refractivity contribution in [3.8, 4) is 0 Å². The molecule has 1 unspecified atom stereocenters. The molecular weight excluding hydrogens is 286 g/mol. The van der Waals surface area contributed by atoms with Gasteiger partial charge in [0.15, 0.2) is 11.6 Å². The molecule has 0 amide bonds. The average molecular weight is 304 g/mol. The van der Waals surface area contributed by atoms with Gasteiger partial charge in [-0.2, -0.15) is 0 Å². The minimum Gasteiger partial charge on any atom is -0.297 e. The van der Waals surface area contributed by atoms with E-state index in [1.807, 2.05) is 4.90 Å². The molecule has 1 aromatic carbocycles. The Kier molecular flexibility index (Phi) is 4.72. The first-order chi connectivity index (χ1) is 9.33. The molecule has 1 aliphatic heterocycles. The number of hydrogen-bond acceptors (Lipinski definition) is 3. The van der Waals surface area contributed by atoms with Crippen LogP contribution in [0.3, 0.4) is 0 Å². The maximum atomic E-state index is 13.1. The van der Waals surface area contributed by atoms with Crippen molar-refractivity contribution in [3.63, 3.8) is 0 Å². The Morgan fingerprint density at radius 3 is 2.75 bits per heavy atom. The van der Waals surface area contributed by atoms with Gasteiger partial charge in [-0.1, -0.05) is 6.07 Å². The zero-order chi connectivity index (χ0) is 14.8. The summed E-state index contributed by atoms with van der Waals surface area (Å²) < 4.78 is 51.0. The fraction of sp³-hybridized carbons (Fsp3) is 0.538. The lowest BCUT2D eigenvalue weighted by Gasteiger charge is -2.32. The molecule has 7 heteroatoms. The summed E-state index contributed by atoms with van der Waals surface area (Å²) in [6.07, 6.45) is 2.81. The van der Waals surface area contributed by atoms with Gasteiger partial charge in [0.2, 0.25) is 10.0 Å². The van der Waals surface area contributed by atoms with E-state index >= 15 is 0 Å². The zero-order valence-electron chi connectivity index (χ0n) is 11.3. The van der Waals surface area contributed by atoms with Crippen molar-refractivity contribution in [2.75, 3.05) is 19.3 Å². The molecule has 112 valence electrons. The van der Waals surface area contributed by atoms with Gasteiger partial charge in [0, 0.05) is 19.1 Å². The summed E-state index contributed by atoms with van der Waals surface area (Å²) in [5.74, 6) is -1.71. The highest BCUT2D eigenvalue weighted by Gasteiger charge is 2.22. The molecule has 4 nitrogen and oxygen atoms in total. The van der Waals surface area contributed by atoms with Crippen molar-refractivity contribution in [2.24, 2.45) is 0 Å². The van der Waals surface area contributed by atoms with Crippen LogP contribution in [0.1, 0.15) is 18.4 Å². The third-order valence-corrected chi connectivity index (χ3v) is 4.04. The van der Waals surface area contributed by atoms with Crippen LogP contribution < -0.4 is 4.72 Å². The normalized spacial score (nSPS) is 21.1. The van der Waals surface area contributed by atoms with E-state index in [1.165, 1.54) is 6.07 Å². The van der Waals surface area contributed by atoms with Crippen LogP contribution in [0.15, 0.2) is 18.2 Å². The number of rotatable bonds is 4. The maximum Gasteiger partial charge on any atom is 0.208 e. The minimum absolute atomic E-state index is 0.121. The van der Waals surface area contributed by atoms with Crippen LogP contribution in [0.25, 0.3) is 0 Å². The van der Waals surface area contributed by atoms with E-state index in [1.54, 1.807) is 6.07 Å². The standard InChI is InChI=1S/C13H18F2N2O2S/c1-20(18,19)16-11-3-2-6-17(9-11)8-10-4-5-12(14)13(15)7-10/h4-5,7,11,16H,2-3,6,8-9H2,1H3. The summed E-state index contributed by atoms with van der Waals surface area (Å²) in [6.45, 7) is 1.88. The predicted octanol–water partition coefficient (Wildman–Crippen LogP) is 1.48. The molecule has 0 radical (unpaired) electrons. The molecular formula is C13H18F2N2O2S. The lowest BCUT2D eigenvalue weighted by Crippen LogP contribution is -2.46. The van der Waals surface area contributed by atoms with E-state index in [4.69, 9.17) is 0 Å². The quantitative estimate of drug-likeness (QED) is 0.916. The molecule has 1 aliphatic rings. The van der Waals surface area contributed by atoms with Gasteiger partial charge >= 0.3 is 0 Å². The number of nitrogens with one attached hydrogen (secondary N) is 1. The van der Waals surface area contributed by atoms with E-state index in [0.29, 0.717) is 18.7 Å². The lowest BCUT2D eigenvalue weighted by atomic mass is 10.1. The van der Waals surface area contributed by atoms with E-state index in [0.717, 1.165) is 31.7 Å². The van der Waals surface area contributed by atoms with Gasteiger partial charge < -0.3 is 0 Å². The highest BCUT2D eigenvalue weighted by Crippen LogP contribution is 2.16. The molecule has 0 bridgehead atoms. The molecule has 2 rings (SSSR count). The molecule has 0 saturated carbocycles. The minimum atomic E-state index is -3.22. The summed E-state index contributed by atoms with van der Waals surface area (Å²) in [5, 5.41) is 0. The number of hydrogen-bond donors (Lipinski definition) is 1. The Morgan fingerprint density at radius 1 is 1.35 bits per heavy atom. The van der Waals surface area contributed by atoms with Crippen molar-refractivity contribution in [3.05, 3.63) is 35.4 Å². The first-order valence-electron chi connectivity index (χ1n) is 6.47. The fourth-order valence-electron chi connectivity index (χ4n) is 2.49. The largest absolute Gasteiger partial charge is 0.297 e. The number of benzene rings is 1. The van der Waals surface area contributed by atoms with Crippen molar-refractivity contribution in [1.82, 2.24) is 9.62 Å². The zero-order valence-corrected chi connectivity index (χ0v) is 12.1. The van der Waals surface area contributed by atoms with Crippen LogP contribution in [0.2, 0.25) is 0 Å². The molecule has 0 spiro atoms. The Hall–Kier alpha value is -1.05. The molecule has 20 heavy (non-hydrogen) atoms. The third kappa shape index (κ3) is 4.50. The van der Waals surface area contributed by atoms with Crippen molar-refractivity contribution in [2.45, 2.75) is 25.4 Å². The highest BCUT2D eigenvalue weighted by molar-refractivity contribution is 7.88. The Labute approximate surface area is 117 Å². The van der Waals surface area contributed by atoms with Gasteiger partial charge in [0.05, 0.1) is 6.26 Å². The van der Waals surface area contributed by atoms with E-state index in [-0.39, 0.29) is 6.04 Å². The predicted molar refractivity (Wildman–Crippen MR) is 72.6 cm³/mol. The van der Waals surface area contributed by atoms with Crippen molar-refractivity contribution in [1.29, 1.82) is 0 Å². The summed E-state index contributed by atoms with van der Waals surface area (Å²) in [6, 6.07) is 3.72. The number of nitrogens with zero attached hydrogens (tertiary/aromatic N) is 1. The summed E-state index contributed by atoms with van der Waals surface area (Å²) >= 11 is 0. The molecule has 1 fully saturated rings. The van der Waals surface area contributed by atoms with Gasteiger partial charge in [-0.15, -0.1) is 0 Å². The summed E-state index contributed by atoms with van der Waals surface area (Å²) in [5.41, 5.74) is 0.684. The number of halogens is 2. The topological polar surface area (TPSA) is 49.4 Å². The Bertz CT molecular complexity index is 578. The lowest BCUT2D eigenvalue weighted by molar-refractivity contribution is 0.194. The Balaban J connectivity index is 1.97. The summed E-state index contributed by atoms with van der Waals surface area (Å²) in [7, 11) is -3.22. The smallest absolute Gasteiger partial charge is 0.208 e. The second kappa shape index (κ2) is 6.15. The fourth-order valence-corrected chi connectivity index (χ4v) is 3.29. The molecule has 0 aliphatic carbocycles. The summed E-state index contributed by atoms with van der Waals surface area (Å²) in [4.78, 5) is 2.04. The van der Waals surface area contributed by atoms with Gasteiger partial charge in [-0.3, -0.25) is 4.90 Å². The third-order valence-electron chi connectivity index (χ3n) is 3.28. The molecule has 1 saturated heterocycles. The van der Waals surface area contributed by atoms with Gasteiger partial charge in [0.25, 0.3) is 0 Å². The van der Waals surface area contributed by atoms with Crippen LogP contribution in [-0.4, -0.2) is 38.7 Å². The van der Waals surface area contributed by atoms with E-state index in [9.17, 15) is 17.2 Å². The second-order valence-electron chi connectivity index (χ2n) is 5.21. The number of likely N-dealkylation sites (tertiary alicyclic amines) is 1. The van der Waals surface area contributed by atoms with Crippen molar-refractivity contribution < 1.29 is 17.2 Å². The number of sulfonamides is 1. The second-order valence-corrected chi connectivity index (χ2v) is 6.99. The van der Waals surface area contributed by atoms with Crippen LogP contribution in [-0.2, 0) is 16.6 Å². The van der Waals surface area contributed by atoms with Crippen molar-refractivity contribution >= 4 is 10.0 Å². The molecule has 1 aromatic rings. The van der Waals surface area contributed by atoms with Gasteiger partial charge in [0.1, 0.15) is 0 Å². The van der Waals surface area contributed by atoms with Crippen LogP contribution in [0, 0.1) is 11.6 Å². The number of piperidine rings is 1. The molecule has 0 aromatic heterocycles. The maximum absolute atomic E-state index is 13.1. The SMILES string of the molecule is CS(=O)(=O)NC1CCCN(Cc2ccc(F)c(F)c2)C1.